The number of amides is 3. The predicted octanol–water partition coefficient (Wildman–Crippen LogP) is 1.65. The summed E-state index contributed by atoms with van der Waals surface area (Å²) in [5.74, 6) is -1.88. The van der Waals surface area contributed by atoms with E-state index in [1.165, 1.54) is 44.9 Å². The summed E-state index contributed by atoms with van der Waals surface area (Å²) >= 11 is 0. The largest absolute Gasteiger partial charge is 0.442 e. The van der Waals surface area contributed by atoms with Crippen molar-refractivity contribution in [2.24, 2.45) is 5.73 Å². The Morgan fingerprint density at radius 1 is 0.974 bits per heavy atom. The summed E-state index contributed by atoms with van der Waals surface area (Å²) in [4.78, 5) is 38.4. The molecule has 3 heterocycles. The minimum atomic E-state index is -0.754. The molecule has 38 heavy (non-hydrogen) atoms. The van der Waals surface area contributed by atoms with Gasteiger partial charge in [-0.3, -0.25) is 14.6 Å². The zero-order valence-corrected chi connectivity index (χ0v) is 19.9. The predicted molar refractivity (Wildman–Crippen MR) is 129 cm³/mol. The quantitative estimate of drug-likeness (QED) is 0.450. The molecule has 3 N–H and O–H groups in total. The molecule has 2 fully saturated rings. The van der Waals surface area contributed by atoms with Gasteiger partial charge in [-0.05, 0) is 36.4 Å². The van der Waals surface area contributed by atoms with Crippen molar-refractivity contribution in [1.29, 1.82) is 0 Å². The van der Waals surface area contributed by atoms with Crippen molar-refractivity contribution in [3.05, 3.63) is 60.4 Å². The number of hydrogen-bond donors (Lipinski definition) is 2. The maximum absolute atomic E-state index is 15.1. The van der Waals surface area contributed by atoms with E-state index in [9.17, 15) is 14.4 Å². The summed E-state index contributed by atoms with van der Waals surface area (Å²) in [7, 11) is 0. The van der Waals surface area contributed by atoms with Crippen molar-refractivity contribution in [1.82, 2.24) is 20.3 Å². The number of nitrogens with one attached hydrogen (secondary N) is 1. The summed E-state index contributed by atoms with van der Waals surface area (Å²) in [6.45, 7) is 0.454. The summed E-state index contributed by atoms with van der Waals surface area (Å²) < 4.78 is 42.2. The second-order valence-corrected chi connectivity index (χ2v) is 8.69. The number of nitrogens with zero attached hydrogens (tertiary/aromatic N) is 5. The number of ether oxygens (including phenoxy) is 2. The lowest BCUT2D eigenvalue weighted by Crippen LogP contribution is -2.37. The third-order valence-corrected chi connectivity index (χ3v) is 6.14. The fourth-order valence-electron chi connectivity index (χ4n) is 4.29. The number of cyclic esters (lactones) is 2. The van der Waals surface area contributed by atoms with Gasteiger partial charge >= 0.3 is 12.2 Å². The van der Waals surface area contributed by atoms with Gasteiger partial charge in [0.25, 0.3) is 0 Å². The SMILES string of the molecule is NCC(=O)NC[C@H]1CN(c2ccc(-c3ccc(N4C[C@H](Cn5ccnn5)OC4=O)cc3F)c(F)c2)C(=O)O1. The second kappa shape index (κ2) is 10.4. The number of anilines is 2. The van der Waals surface area contributed by atoms with Gasteiger partial charge in [0.2, 0.25) is 5.91 Å². The number of rotatable bonds is 8. The van der Waals surface area contributed by atoms with Crippen LogP contribution in [0.15, 0.2) is 48.8 Å². The third kappa shape index (κ3) is 5.11. The molecule has 14 heteroatoms. The van der Waals surface area contributed by atoms with Crippen molar-refractivity contribution < 1.29 is 32.6 Å². The summed E-state index contributed by atoms with van der Waals surface area (Å²) in [5.41, 5.74) is 5.69. The number of carbonyl (C=O) groups is 3. The standard InChI is InChI=1S/C24H23F2N7O5/c25-20-7-14(32-12-16(37-23(32)35)10-28-22(34)9-27)1-3-18(20)19-4-2-15(8-21(19)26)33-13-17(38-24(33)36)11-31-6-5-29-30-31/h1-8,16-17H,9-13,27H2,(H,28,34)/t16-,17-/m0/s1. The molecule has 0 radical (unpaired) electrons. The maximum atomic E-state index is 15.1. The van der Waals surface area contributed by atoms with Crippen molar-refractivity contribution in [3.8, 4) is 11.1 Å². The lowest BCUT2D eigenvalue weighted by Gasteiger charge is -2.16. The van der Waals surface area contributed by atoms with Crippen molar-refractivity contribution >= 4 is 29.5 Å². The molecule has 1 aromatic heterocycles. The first-order valence-electron chi connectivity index (χ1n) is 11.7. The zero-order chi connectivity index (χ0) is 26.8. The van der Waals surface area contributed by atoms with Gasteiger partial charge in [0.05, 0.1) is 50.3 Å². The Morgan fingerprint density at radius 3 is 2.08 bits per heavy atom. The van der Waals surface area contributed by atoms with E-state index in [2.05, 4.69) is 15.6 Å². The van der Waals surface area contributed by atoms with E-state index in [1.807, 2.05) is 0 Å². The second-order valence-electron chi connectivity index (χ2n) is 8.69. The average Bonchev–Trinajstić information content (AvgIpc) is 3.63. The number of nitrogens with two attached hydrogens (primary N) is 1. The van der Waals surface area contributed by atoms with Gasteiger partial charge in [0.1, 0.15) is 23.8 Å². The number of benzene rings is 2. The first-order chi connectivity index (χ1) is 18.3. The molecule has 2 aliphatic heterocycles. The normalized spacial score (nSPS) is 19.0. The van der Waals surface area contributed by atoms with E-state index < -0.39 is 41.9 Å². The van der Waals surface area contributed by atoms with Crippen LogP contribution in [-0.4, -0.2) is 71.5 Å². The van der Waals surface area contributed by atoms with E-state index >= 15 is 8.78 Å². The molecule has 2 aromatic carbocycles. The number of hydrogen-bond acceptors (Lipinski definition) is 8. The summed E-state index contributed by atoms with van der Waals surface area (Å²) in [5, 5.41) is 10.1. The Balaban J connectivity index is 1.28. The molecule has 0 saturated carbocycles. The molecule has 2 saturated heterocycles. The summed E-state index contributed by atoms with van der Waals surface area (Å²) in [6.07, 6.45) is 0.700. The maximum Gasteiger partial charge on any atom is 0.414 e. The summed E-state index contributed by atoms with van der Waals surface area (Å²) in [6, 6.07) is 7.96. The van der Waals surface area contributed by atoms with Crippen LogP contribution in [0.25, 0.3) is 11.1 Å². The molecule has 198 valence electrons. The Kier molecular flexibility index (Phi) is 6.87. The Bertz CT molecular complexity index is 1370. The molecule has 2 atom stereocenters. The molecule has 0 aliphatic carbocycles. The van der Waals surface area contributed by atoms with Gasteiger partial charge < -0.3 is 20.5 Å². The van der Waals surface area contributed by atoms with Gasteiger partial charge in [0, 0.05) is 17.3 Å². The molecule has 0 spiro atoms. The van der Waals surface area contributed by atoms with E-state index in [-0.39, 0.29) is 48.7 Å². The highest BCUT2D eigenvalue weighted by Crippen LogP contribution is 2.33. The van der Waals surface area contributed by atoms with E-state index in [1.54, 1.807) is 6.20 Å². The fraction of sp³-hybridized carbons (Fsp3) is 0.292. The van der Waals surface area contributed by atoms with Gasteiger partial charge in [0.15, 0.2) is 0 Å². The lowest BCUT2D eigenvalue weighted by molar-refractivity contribution is -0.120. The first kappa shape index (κ1) is 25.1. The van der Waals surface area contributed by atoms with Gasteiger partial charge in [-0.15, -0.1) is 5.10 Å². The number of aromatic nitrogens is 3. The number of halogens is 2. The highest BCUT2D eigenvalue weighted by molar-refractivity contribution is 5.91. The molecule has 5 rings (SSSR count). The Labute approximate surface area is 214 Å². The van der Waals surface area contributed by atoms with Crippen LogP contribution in [0, 0.1) is 11.6 Å². The van der Waals surface area contributed by atoms with Crippen molar-refractivity contribution in [2.75, 3.05) is 36.0 Å². The van der Waals surface area contributed by atoms with Gasteiger partial charge in [-0.1, -0.05) is 5.21 Å². The molecular weight excluding hydrogens is 504 g/mol. The van der Waals surface area contributed by atoms with E-state index in [0.717, 1.165) is 12.1 Å². The van der Waals surface area contributed by atoms with E-state index in [4.69, 9.17) is 15.2 Å². The van der Waals surface area contributed by atoms with Crippen LogP contribution in [-0.2, 0) is 20.8 Å². The molecule has 3 amide bonds. The van der Waals surface area contributed by atoms with Crippen LogP contribution in [0.5, 0.6) is 0 Å². The smallest absolute Gasteiger partial charge is 0.414 e. The topological polar surface area (TPSA) is 145 Å². The van der Waals surface area contributed by atoms with Crippen LogP contribution < -0.4 is 20.9 Å². The monoisotopic (exact) mass is 527 g/mol. The van der Waals surface area contributed by atoms with Gasteiger partial charge in [-0.2, -0.15) is 0 Å². The Morgan fingerprint density at radius 2 is 1.55 bits per heavy atom. The molecule has 12 nitrogen and oxygen atoms in total. The Hall–Kier alpha value is -4.59. The third-order valence-electron chi connectivity index (χ3n) is 6.14. The zero-order valence-electron chi connectivity index (χ0n) is 19.9. The molecule has 0 bridgehead atoms. The van der Waals surface area contributed by atoms with Crippen LogP contribution in [0.1, 0.15) is 0 Å². The lowest BCUT2D eigenvalue weighted by atomic mass is 10.0. The highest BCUT2D eigenvalue weighted by atomic mass is 19.1. The molecule has 2 aliphatic rings. The van der Waals surface area contributed by atoms with Crippen LogP contribution in [0.4, 0.5) is 29.7 Å². The minimum Gasteiger partial charge on any atom is -0.442 e. The fourth-order valence-corrected chi connectivity index (χ4v) is 4.29. The van der Waals surface area contributed by atoms with Gasteiger partial charge in [-0.25, -0.2) is 23.1 Å². The van der Waals surface area contributed by atoms with E-state index in [0.29, 0.717) is 6.54 Å². The van der Waals surface area contributed by atoms with Crippen LogP contribution >= 0.6 is 0 Å². The first-order valence-corrected chi connectivity index (χ1v) is 11.7. The molecular formula is C24H23F2N7O5. The van der Waals surface area contributed by atoms with Crippen molar-refractivity contribution in [3.63, 3.8) is 0 Å². The van der Waals surface area contributed by atoms with Crippen LogP contribution in [0.3, 0.4) is 0 Å². The average molecular weight is 527 g/mol. The van der Waals surface area contributed by atoms with Crippen LogP contribution in [0.2, 0.25) is 0 Å². The minimum absolute atomic E-state index is 0.0177. The number of carbonyl (C=O) groups excluding carboxylic acids is 3. The molecule has 3 aromatic rings. The highest BCUT2D eigenvalue weighted by Gasteiger charge is 2.34. The van der Waals surface area contributed by atoms with Crippen molar-refractivity contribution in [2.45, 2.75) is 18.8 Å². The molecule has 0 unspecified atom stereocenters.